The maximum atomic E-state index is 12.3. The molecular weight excluding hydrogens is 445 g/mol. The lowest BCUT2D eigenvalue weighted by Gasteiger charge is -2.11. The topological polar surface area (TPSA) is 133 Å². The minimum absolute atomic E-state index is 0.0721. The average Bonchev–Trinajstić information content (AvgIpc) is 2.72. The number of carbonyl (C=O) groups excluding carboxylic acids is 3. The number of fused-ring (bicyclic) bond motifs is 1. The lowest BCUT2D eigenvalue weighted by Crippen LogP contribution is -2.30. The summed E-state index contributed by atoms with van der Waals surface area (Å²) >= 11 is 0. The fourth-order valence-electron chi connectivity index (χ4n) is 2.87. The smallest absolute Gasteiger partial charge is 0.406 e. The number of nitrogens with two attached hydrogens (primary N) is 1. The zero-order valence-electron chi connectivity index (χ0n) is 16.8. The van der Waals surface area contributed by atoms with Gasteiger partial charge in [-0.2, -0.15) is 0 Å². The van der Waals surface area contributed by atoms with Crippen molar-refractivity contribution in [3.05, 3.63) is 66.0 Å². The monoisotopic (exact) mass is 462 g/mol. The Labute approximate surface area is 184 Å². The first kappa shape index (κ1) is 23.3. The van der Waals surface area contributed by atoms with Crippen molar-refractivity contribution in [2.45, 2.75) is 12.8 Å². The van der Waals surface area contributed by atoms with Crippen molar-refractivity contribution in [3.8, 4) is 5.75 Å². The predicted octanol–water partition coefficient (Wildman–Crippen LogP) is 3.73. The number of ether oxygens (including phenoxy) is 2. The van der Waals surface area contributed by atoms with E-state index in [0.29, 0.717) is 17.2 Å². The van der Waals surface area contributed by atoms with Crippen LogP contribution in [-0.4, -0.2) is 36.0 Å². The zero-order valence-corrected chi connectivity index (χ0v) is 16.8. The van der Waals surface area contributed by atoms with E-state index in [2.05, 4.69) is 25.1 Å². The molecule has 0 spiro atoms. The van der Waals surface area contributed by atoms with Gasteiger partial charge in [-0.15, -0.1) is 13.2 Å². The van der Waals surface area contributed by atoms with Crippen LogP contribution in [0, 0.1) is 0 Å². The third-order valence-electron chi connectivity index (χ3n) is 4.21. The Hall–Kier alpha value is -4.35. The second kappa shape index (κ2) is 9.85. The van der Waals surface area contributed by atoms with Crippen molar-refractivity contribution in [3.63, 3.8) is 0 Å². The molecule has 0 atom stereocenters. The molecule has 172 valence electrons. The molecule has 0 radical (unpaired) electrons. The van der Waals surface area contributed by atoms with Gasteiger partial charge in [-0.05, 0) is 41.6 Å². The molecule has 0 aliphatic carbocycles. The number of urea groups is 1. The lowest BCUT2D eigenvalue weighted by atomic mass is 10.1. The summed E-state index contributed by atoms with van der Waals surface area (Å²) < 4.78 is 45.0. The van der Waals surface area contributed by atoms with Gasteiger partial charge in [-0.1, -0.05) is 18.2 Å². The molecule has 3 rings (SSSR count). The summed E-state index contributed by atoms with van der Waals surface area (Å²) in [6.07, 6.45) is -4.17. The minimum atomic E-state index is -4.83. The number of primary amides is 1. The number of esters is 1. The van der Waals surface area contributed by atoms with Gasteiger partial charge in [0.05, 0.1) is 0 Å². The molecule has 0 saturated carbocycles. The minimum Gasteiger partial charge on any atom is -0.406 e. The number of rotatable bonds is 6. The summed E-state index contributed by atoms with van der Waals surface area (Å²) in [6.45, 7) is 0.243. The van der Waals surface area contributed by atoms with Crippen LogP contribution in [0.2, 0.25) is 0 Å². The van der Waals surface area contributed by atoms with E-state index in [1.54, 1.807) is 12.1 Å². The molecule has 0 aliphatic rings. The van der Waals surface area contributed by atoms with E-state index in [4.69, 9.17) is 5.73 Å². The molecule has 12 heteroatoms. The Morgan fingerprint density at radius 2 is 1.82 bits per heavy atom. The van der Waals surface area contributed by atoms with Crippen LogP contribution in [0.4, 0.5) is 28.4 Å². The highest BCUT2D eigenvalue weighted by molar-refractivity contribution is 5.97. The second-order valence-corrected chi connectivity index (χ2v) is 6.67. The van der Waals surface area contributed by atoms with Crippen LogP contribution in [-0.2, 0) is 11.2 Å². The highest BCUT2D eigenvalue weighted by Gasteiger charge is 2.31. The molecule has 0 unspecified atom stereocenters. The van der Waals surface area contributed by atoms with Gasteiger partial charge >= 0.3 is 24.5 Å². The van der Waals surface area contributed by atoms with Gasteiger partial charge in [-0.25, -0.2) is 19.4 Å². The summed E-state index contributed by atoms with van der Waals surface area (Å²) in [6, 6.07) is 11.1. The predicted molar refractivity (Wildman–Crippen MR) is 111 cm³/mol. The number of hydrogen-bond donors (Lipinski definition) is 3. The Morgan fingerprint density at radius 1 is 1.03 bits per heavy atom. The zero-order chi connectivity index (χ0) is 24.0. The molecule has 0 aliphatic heterocycles. The van der Waals surface area contributed by atoms with Crippen molar-refractivity contribution >= 4 is 34.6 Å². The Bertz CT molecular complexity index is 1200. The maximum Gasteiger partial charge on any atom is 0.573 e. The summed E-state index contributed by atoms with van der Waals surface area (Å²) in [4.78, 5) is 38.3. The Kier molecular flexibility index (Phi) is 6.96. The molecule has 0 saturated heterocycles. The summed E-state index contributed by atoms with van der Waals surface area (Å²) in [7, 11) is 0. The van der Waals surface area contributed by atoms with Crippen LogP contribution in [0.1, 0.15) is 16.1 Å². The van der Waals surface area contributed by atoms with Crippen LogP contribution in [0.25, 0.3) is 10.8 Å². The number of benzene rings is 2. The number of hydrogen-bond acceptors (Lipinski definition) is 6. The SMILES string of the molecule is NC(=O)OC(=O)c1cc2ccc(CCNC(=O)Nc3cccc(OC(F)(F)F)c3)cc2cn1. The van der Waals surface area contributed by atoms with Crippen molar-refractivity contribution in [2.75, 3.05) is 11.9 Å². The first-order valence-electron chi connectivity index (χ1n) is 9.40. The van der Waals surface area contributed by atoms with Crippen molar-refractivity contribution in [2.24, 2.45) is 5.73 Å². The van der Waals surface area contributed by atoms with E-state index in [9.17, 15) is 27.6 Å². The average molecular weight is 462 g/mol. The second-order valence-electron chi connectivity index (χ2n) is 6.67. The van der Waals surface area contributed by atoms with E-state index >= 15 is 0 Å². The summed E-state index contributed by atoms with van der Waals surface area (Å²) in [5.74, 6) is -1.41. The van der Waals surface area contributed by atoms with E-state index in [1.807, 2.05) is 6.07 Å². The number of alkyl halides is 3. The Morgan fingerprint density at radius 3 is 2.55 bits per heavy atom. The van der Waals surface area contributed by atoms with Gasteiger partial charge in [0.15, 0.2) is 0 Å². The molecule has 0 bridgehead atoms. The van der Waals surface area contributed by atoms with Gasteiger partial charge in [0.25, 0.3) is 0 Å². The fourth-order valence-corrected chi connectivity index (χ4v) is 2.87. The molecule has 3 aromatic rings. The molecule has 9 nitrogen and oxygen atoms in total. The normalized spacial score (nSPS) is 11.0. The quantitative estimate of drug-likeness (QED) is 0.378. The maximum absolute atomic E-state index is 12.3. The largest absolute Gasteiger partial charge is 0.573 e. The van der Waals surface area contributed by atoms with Crippen molar-refractivity contribution in [1.82, 2.24) is 10.3 Å². The number of nitrogens with one attached hydrogen (secondary N) is 2. The van der Waals surface area contributed by atoms with Gasteiger partial charge in [-0.3, -0.25) is 0 Å². The van der Waals surface area contributed by atoms with Crippen LogP contribution in [0.5, 0.6) is 5.75 Å². The fraction of sp³-hybridized carbons (Fsp3) is 0.143. The van der Waals surface area contributed by atoms with E-state index in [1.165, 1.54) is 24.4 Å². The third kappa shape index (κ3) is 7.09. The molecular formula is C21H17F3N4O5. The number of anilines is 1. The van der Waals surface area contributed by atoms with E-state index < -0.39 is 30.2 Å². The number of pyridine rings is 1. The molecule has 33 heavy (non-hydrogen) atoms. The summed E-state index contributed by atoms with van der Waals surface area (Å²) in [5.41, 5.74) is 5.73. The van der Waals surface area contributed by atoms with Gasteiger partial charge < -0.3 is 25.8 Å². The number of amides is 3. The van der Waals surface area contributed by atoms with E-state index in [0.717, 1.165) is 17.7 Å². The van der Waals surface area contributed by atoms with Crippen molar-refractivity contribution < 1.29 is 37.0 Å². The number of halogens is 3. The number of aromatic nitrogens is 1. The molecule has 4 N–H and O–H groups in total. The highest BCUT2D eigenvalue weighted by Crippen LogP contribution is 2.25. The highest BCUT2D eigenvalue weighted by atomic mass is 19.4. The standard InChI is InChI=1S/C21H17F3N4O5/c22-21(23,24)33-16-3-1-2-15(10-16)28-20(31)26-7-6-12-4-5-13-9-17(18(29)32-19(25)30)27-11-14(13)8-12/h1-5,8-11H,6-7H2,(H2,25,30)(H2,26,28,31). The first-order chi connectivity index (χ1) is 15.6. The first-order valence-corrected chi connectivity index (χ1v) is 9.40. The van der Waals surface area contributed by atoms with Crippen LogP contribution in [0.15, 0.2) is 54.7 Å². The number of nitrogens with zero attached hydrogens (tertiary/aromatic N) is 1. The third-order valence-corrected chi connectivity index (χ3v) is 4.21. The Balaban J connectivity index is 1.54. The number of carbonyl (C=O) groups is 3. The summed E-state index contributed by atoms with van der Waals surface area (Å²) in [5, 5.41) is 6.43. The molecule has 1 heterocycles. The van der Waals surface area contributed by atoms with Gasteiger partial charge in [0.1, 0.15) is 11.4 Å². The van der Waals surface area contributed by atoms with Crippen LogP contribution in [0.3, 0.4) is 0 Å². The molecule has 2 aromatic carbocycles. The molecule has 0 fully saturated rings. The van der Waals surface area contributed by atoms with Gasteiger partial charge in [0, 0.05) is 29.9 Å². The van der Waals surface area contributed by atoms with Crippen LogP contribution < -0.4 is 21.1 Å². The van der Waals surface area contributed by atoms with Crippen molar-refractivity contribution in [1.29, 1.82) is 0 Å². The van der Waals surface area contributed by atoms with E-state index in [-0.39, 0.29) is 17.9 Å². The lowest BCUT2D eigenvalue weighted by molar-refractivity contribution is -0.274. The van der Waals surface area contributed by atoms with Gasteiger partial charge in [0.2, 0.25) is 0 Å². The van der Waals surface area contributed by atoms with Crippen LogP contribution >= 0.6 is 0 Å². The molecule has 3 amide bonds. The molecule has 1 aromatic heterocycles.